The van der Waals surface area contributed by atoms with Gasteiger partial charge in [-0.2, -0.15) is 0 Å². The smallest absolute Gasteiger partial charge is 0.127 e. The molecule has 2 rings (SSSR count). The Bertz CT molecular complexity index is 425. The zero-order chi connectivity index (χ0) is 14.5. The van der Waals surface area contributed by atoms with E-state index in [0.29, 0.717) is 18.5 Å². The first kappa shape index (κ1) is 15.5. The van der Waals surface area contributed by atoms with E-state index in [1.54, 1.807) is 6.07 Å². The van der Waals surface area contributed by atoms with E-state index >= 15 is 0 Å². The molecule has 1 heterocycles. The molecule has 1 unspecified atom stereocenters. The Morgan fingerprint density at radius 1 is 1.40 bits per heavy atom. The summed E-state index contributed by atoms with van der Waals surface area (Å²) in [4.78, 5) is 2.39. The van der Waals surface area contributed by atoms with Crippen molar-refractivity contribution in [3.8, 4) is 0 Å². The summed E-state index contributed by atoms with van der Waals surface area (Å²) in [5, 5.41) is 3.54. The van der Waals surface area contributed by atoms with Gasteiger partial charge in [0.2, 0.25) is 0 Å². The number of halogens is 1. The molecule has 1 fully saturated rings. The van der Waals surface area contributed by atoms with Gasteiger partial charge in [0.15, 0.2) is 0 Å². The highest BCUT2D eigenvalue weighted by Crippen LogP contribution is 2.16. The highest BCUT2D eigenvalue weighted by molar-refractivity contribution is 5.24. The lowest BCUT2D eigenvalue weighted by Crippen LogP contribution is -2.39. The lowest BCUT2D eigenvalue weighted by atomic mass is 10.1. The number of hydrogen-bond acceptors (Lipinski definition) is 2. The summed E-state index contributed by atoms with van der Waals surface area (Å²) < 4.78 is 13.9. The highest BCUT2D eigenvalue weighted by Gasteiger charge is 2.19. The Morgan fingerprint density at radius 2 is 2.20 bits per heavy atom. The van der Waals surface area contributed by atoms with Gasteiger partial charge in [-0.3, -0.25) is 4.90 Å². The average Bonchev–Trinajstić information content (AvgIpc) is 2.86. The van der Waals surface area contributed by atoms with Crippen LogP contribution in [0.3, 0.4) is 0 Å². The molecule has 1 saturated heterocycles. The number of rotatable bonds is 6. The third-order valence-corrected chi connectivity index (χ3v) is 3.86. The molecule has 1 aromatic rings. The van der Waals surface area contributed by atoms with Crippen molar-refractivity contribution in [3.63, 3.8) is 0 Å². The van der Waals surface area contributed by atoms with E-state index < -0.39 is 0 Å². The maximum Gasteiger partial charge on any atom is 0.127 e. The minimum atomic E-state index is -0.0799. The van der Waals surface area contributed by atoms with Crippen molar-refractivity contribution in [2.45, 2.75) is 46.2 Å². The molecule has 2 nitrogen and oxygen atoms in total. The van der Waals surface area contributed by atoms with Crippen LogP contribution in [0.15, 0.2) is 18.2 Å². The number of nitrogens with zero attached hydrogens (tertiary/aromatic N) is 1. The molecule has 0 bridgehead atoms. The van der Waals surface area contributed by atoms with Crippen molar-refractivity contribution >= 4 is 0 Å². The molecular weight excluding hydrogens is 251 g/mol. The van der Waals surface area contributed by atoms with Gasteiger partial charge in [0.1, 0.15) is 5.82 Å². The fourth-order valence-electron chi connectivity index (χ4n) is 3.01. The summed E-state index contributed by atoms with van der Waals surface area (Å²) in [5.41, 5.74) is 1.95. The Labute approximate surface area is 122 Å². The van der Waals surface area contributed by atoms with Gasteiger partial charge in [0.25, 0.3) is 0 Å². The van der Waals surface area contributed by atoms with Gasteiger partial charge in [0, 0.05) is 31.2 Å². The van der Waals surface area contributed by atoms with E-state index in [-0.39, 0.29) is 5.82 Å². The predicted octanol–water partition coefficient (Wildman–Crippen LogP) is 3.34. The van der Waals surface area contributed by atoms with Crippen molar-refractivity contribution in [2.24, 2.45) is 5.92 Å². The Kier molecular flexibility index (Phi) is 5.55. The van der Waals surface area contributed by atoms with Crippen molar-refractivity contribution in [2.75, 3.05) is 19.6 Å². The van der Waals surface area contributed by atoms with Crippen LogP contribution in [0.25, 0.3) is 0 Å². The molecule has 20 heavy (non-hydrogen) atoms. The number of benzene rings is 1. The van der Waals surface area contributed by atoms with Crippen molar-refractivity contribution in [1.29, 1.82) is 0 Å². The number of nitrogens with one attached hydrogen (secondary N) is 1. The van der Waals surface area contributed by atoms with Crippen LogP contribution >= 0.6 is 0 Å². The molecule has 1 atom stereocenters. The van der Waals surface area contributed by atoms with Crippen molar-refractivity contribution in [1.82, 2.24) is 10.2 Å². The predicted molar refractivity (Wildman–Crippen MR) is 82.3 cm³/mol. The molecule has 3 heteroatoms. The van der Waals surface area contributed by atoms with E-state index in [0.717, 1.165) is 30.8 Å². The third kappa shape index (κ3) is 4.57. The normalized spacial score (nSPS) is 19.2. The first-order valence-corrected chi connectivity index (χ1v) is 7.75. The molecular formula is C17H27FN2. The minimum absolute atomic E-state index is 0.0799. The molecule has 1 aliphatic rings. The Balaban J connectivity index is 2.03. The van der Waals surface area contributed by atoms with Gasteiger partial charge < -0.3 is 5.32 Å². The summed E-state index contributed by atoms with van der Waals surface area (Å²) >= 11 is 0. The molecule has 0 spiro atoms. The molecule has 0 radical (unpaired) electrons. The first-order valence-electron chi connectivity index (χ1n) is 7.75. The van der Waals surface area contributed by atoms with E-state index in [4.69, 9.17) is 0 Å². The van der Waals surface area contributed by atoms with E-state index in [1.165, 1.54) is 12.8 Å². The first-order chi connectivity index (χ1) is 9.54. The van der Waals surface area contributed by atoms with E-state index in [1.807, 2.05) is 19.1 Å². The molecule has 0 aromatic heterocycles. The summed E-state index contributed by atoms with van der Waals surface area (Å²) in [5.74, 6) is 0.521. The third-order valence-electron chi connectivity index (χ3n) is 3.86. The Hall–Kier alpha value is -0.930. The van der Waals surface area contributed by atoms with Gasteiger partial charge in [-0.05, 0) is 38.3 Å². The standard InChI is InChI=1S/C17H27FN2/c1-13(2)10-20(12-16-5-4-8-19-16)11-15-9-14(3)6-7-17(15)18/h6-7,9,13,16,19H,4-5,8,10-12H2,1-3H3. The lowest BCUT2D eigenvalue weighted by molar-refractivity contribution is 0.213. The van der Waals surface area contributed by atoms with Gasteiger partial charge >= 0.3 is 0 Å². The topological polar surface area (TPSA) is 15.3 Å². The molecule has 0 saturated carbocycles. The monoisotopic (exact) mass is 278 g/mol. The van der Waals surface area contributed by atoms with Gasteiger partial charge in [-0.1, -0.05) is 31.5 Å². The molecule has 0 amide bonds. The Morgan fingerprint density at radius 3 is 2.85 bits per heavy atom. The maximum atomic E-state index is 13.9. The van der Waals surface area contributed by atoms with Crippen LogP contribution in [0.4, 0.5) is 4.39 Å². The van der Waals surface area contributed by atoms with E-state index in [2.05, 4.69) is 24.1 Å². The maximum absolute atomic E-state index is 13.9. The van der Waals surface area contributed by atoms with Crippen LogP contribution in [0.5, 0.6) is 0 Å². The summed E-state index contributed by atoms with van der Waals surface area (Å²) in [6.07, 6.45) is 2.50. The molecule has 1 aliphatic heterocycles. The molecule has 1 aromatic carbocycles. The number of aryl methyl sites for hydroxylation is 1. The van der Waals surface area contributed by atoms with Gasteiger partial charge in [-0.25, -0.2) is 4.39 Å². The SMILES string of the molecule is Cc1ccc(F)c(CN(CC(C)C)CC2CCCN2)c1. The minimum Gasteiger partial charge on any atom is -0.313 e. The fourth-order valence-corrected chi connectivity index (χ4v) is 3.01. The van der Waals surface area contributed by atoms with Crippen molar-refractivity contribution < 1.29 is 4.39 Å². The zero-order valence-corrected chi connectivity index (χ0v) is 13.0. The van der Waals surface area contributed by atoms with Crippen molar-refractivity contribution in [3.05, 3.63) is 35.1 Å². The molecule has 1 N–H and O–H groups in total. The van der Waals surface area contributed by atoms with E-state index in [9.17, 15) is 4.39 Å². The lowest BCUT2D eigenvalue weighted by Gasteiger charge is -2.27. The quantitative estimate of drug-likeness (QED) is 0.858. The molecule has 0 aliphatic carbocycles. The summed E-state index contributed by atoms with van der Waals surface area (Å²) in [7, 11) is 0. The summed E-state index contributed by atoms with van der Waals surface area (Å²) in [6, 6.07) is 5.97. The van der Waals surface area contributed by atoms with Crippen LogP contribution < -0.4 is 5.32 Å². The van der Waals surface area contributed by atoms with Crippen LogP contribution in [0, 0.1) is 18.7 Å². The molecule has 112 valence electrons. The van der Waals surface area contributed by atoms with Crippen LogP contribution in [0.2, 0.25) is 0 Å². The van der Waals surface area contributed by atoms with Crippen LogP contribution in [0.1, 0.15) is 37.8 Å². The van der Waals surface area contributed by atoms with Crippen LogP contribution in [-0.4, -0.2) is 30.6 Å². The second-order valence-electron chi connectivity index (χ2n) is 6.48. The zero-order valence-electron chi connectivity index (χ0n) is 13.0. The van der Waals surface area contributed by atoms with Crippen LogP contribution in [-0.2, 0) is 6.54 Å². The second-order valence-corrected chi connectivity index (χ2v) is 6.48. The second kappa shape index (κ2) is 7.19. The van der Waals surface area contributed by atoms with Gasteiger partial charge in [-0.15, -0.1) is 0 Å². The van der Waals surface area contributed by atoms with Gasteiger partial charge in [0.05, 0.1) is 0 Å². The fraction of sp³-hybridized carbons (Fsp3) is 0.647. The highest BCUT2D eigenvalue weighted by atomic mass is 19.1. The number of hydrogen-bond donors (Lipinski definition) is 1. The largest absolute Gasteiger partial charge is 0.313 e. The summed E-state index contributed by atoms with van der Waals surface area (Å²) in [6.45, 7) is 10.3. The average molecular weight is 278 g/mol.